The summed E-state index contributed by atoms with van der Waals surface area (Å²) < 4.78 is 1.77. The number of aromatic nitrogens is 4. The lowest BCUT2D eigenvalue weighted by Crippen LogP contribution is -2.16. The van der Waals surface area contributed by atoms with Crippen LogP contribution in [0.1, 0.15) is 30.7 Å². The van der Waals surface area contributed by atoms with Crippen molar-refractivity contribution in [1.29, 1.82) is 0 Å². The molecule has 2 rings (SSSR count). The highest BCUT2D eigenvalue weighted by molar-refractivity contribution is 5.31. The Kier molecular flexibility index (Phi) is 2.64. The molecule has 0 saturated heterocycles. The van der Waals surface area contributed by atoms with E-state index in [1.165, 1.54) is 6.33 Å². The van der Waals surface area contributed by atoms with Gasteiger partial charge in [-0.2, -0.15) is 10.1 Å². The molecule has 0 aliphatic rings. The van der Waals surface area contributed by atoms with E-state index in [0.717, 1.165) is 17.8 Å². The number of nitrogens with zero attached hydrogens (tertiary/aromatic N) is 4. The van der Waals surface area contributed by atoms with E-state index in [0.29, 0.717) is 18.2 Å². The third kappa shape index (κ3) is 1.70. The average Bonchev–Trinajstić information content (AvgIpc) is 2.67. The van der Waals surface area contributed by atoms with E-state index >= 15 is 0 Å². The van der Waals surface area contributed by atoms with Crippen molar-refractivity contribution in [2.24, 2.45) is 5.73 Å². The highest BCUT2D eigenvalue weighted by atomic mass is 15.3. The lowest BCUT2D eigenvalue weighted by molar-refractivity contribution is 0.626. The van der Waals surface area contributed by atoms with Crippen LogP contribution in [0, 0.1) is 6.92 Å². The Balaban J connectivity index is 2.61. The average molecular weight is 205 g/mol. The summed E-state index contributed by atoms with van der Waals surface area (Å²) in [4.78, 5) is 8.39. The molecule has 1 unspecified atom stereocenters. The fourth-order valence-corrected chi connectivity index (χ4v) is 1.75. The van der Waals surface area contributed by atoms with Crippen molar-refractivity contribution < 1.29 is 0 Å². The van der Waals surface area contributed by atoms with E-state index in [1.807, 2.05) is 13.0 Å². The van der Waals surface area contributed by atoms with Crippen LogP contribution in [0.2, 0.25) is 0 Å². The largest absolute Gasteiger partial charge is 0.330 e. The number of rotatable bonds is 3. The van der Waals surface area contributed by atoms with Gasteiger partial charge in [-0.1, -0.05) is 6.92 Å². The van der Waals surface area contributed by atoms with Gasteiger partial charge in [0, 0.05) is 18.2 Å². The summed E-state index contributed by atoms with van der Waals surface area (Å²) >= 11 is 0. The smallest absolute Gasteiger partial charge is 0.252 e. The van der Waals surface area contributed by atoms with Crippen LogP contribution in [0.15, 0.2) is 12.4 Å². The highest BCUT2D eigenvalue weighted by Crippen LogP contribution is 2.18. The maximum Gasteiger partial charge on any atom is 0.252 e. The maximum atomic E-state index is 5.74. The summed E-state index contributed by atoms with van der Waals surface area (Å²) in [5, 5.41) is 4.16. The minimum absolute atomic E-state index is 0.316. The lowest BCUT2D eigenvalue weighted by Gasteiger charge is -2.13. The first kappa shape index (κ1) is 10.0. The van der Waals surface area contributed by atoms with Crippen molar-refractivity contribution in [3.05, 3.63) is 23.8 Å². The molecule has 2 aromatic rings. The molecule has 0 radical (unpaired) electrons. The van der Waals surface area contributed by atoms with Crippen LogP contribution in [0.4, 0.5) is 0 Å². The van der Waals surface area contributed by atoms with Crippen LogP contribution in [-0.4, -0.2) is 26.1 Å². The molecule has 0 spiro atoms. The second-order valence-electron chi connectivity index (χ2n) is 3.64. The molecule has 0 fully saturated rings. The van der Waals surface area contributed by atoms with Crippen LogP contribution in [0.5, 0.6) is 0 Å². The summed E-state index contributed by atoms with van der Waals surface area (Å²) in [5.74, 6) is 0.966. The van der Waals surface area contributed by atoms with Gasteiger partial charge in [-0.25, -0.2) is 9.50 Å². The third-order valence-corrected chi connectivity index (χ3v) is 2.60. The van der Waals surface area contributed by atoms with Crippen molar-refractivity contribution in [3.8, 4) is 0 Å². The molecule has 0 aliphatic heterocycles. The third-order valence-electron chi connectivity index (χ3n) is 2.60. The molecule has 0 amide bonds. The van der Waals surface area contributed by atoms with Crippen molar-refractivity contribution >= 4 is 5.78 Å². The van der Waals surface area contributed by atoms with E-state index in [2.05, 4.69) is 22.0 Å². The van der Waals surface area contributed by atoms with Gasteiger partial charge in [0.15, 0.2) is 0 Å². The van der Waals surface area contributed by atoms with Gasteiger partial charge in [0.1, 0.15) is 6.33 Å². The lowest BCUT2D eigenvalue weighted by atomic mass is 10.0. The van der Waals surface area contributed by atoms with E-state index in [4.69, 9.17) is 5.73 Å². The molecule has 80 valence electrons. The van der Waals surface area contributed by atoms with Crippen molar-refractivity contribution in [3.63, 3.8) is 0 Å². The molecule has 0 saturated carbocycles. The minimum Gasteiger partial charge on any atom is -0.330 e. The number of hydrogen-bond acceptors (Lipinski definition) is 4. The minimum atomic E-state index is 0.316. The topological polar surface area (TPSA) is 69.1 Å². The summed E-state index contributed by atoms with van der Waals surface area (Å²) in [6.45, 7) is 4.70. The Morgan fingerprint density at radius 3 is 3.00 bits per heavy atom. The normalized spacial score (nSPS) is 13.3. The first-order valence-electron chi connectivity index (χ1n) is 5.13. The fourth-order valence-electron chi connectivity index (χ4n) is 1.75. The van der Waals surface area contributed by atoms with Crippen LogP contribution in [0.25, 0.3) is 5.78 Å². The molecule has 5 nitrogen and oxygen atoms in total. The molecular weight excluding hydrogens is 190 g/mol. The Morgan fingerprint density at radius 1 is 1.53 bits per heavy atom. The maximum absolute atomic E-state index is 5.74. The standard InChI is InChI=1S/C10H15N5/c1-3-8(5-11)9-4-7(2)14-10-12-6-13-15(9)10/h4,6,8H,3,5,11H2,1-2H3. The SMILES string of the molecule is CCC(CN)c1cc(C)nc2ncnn12. The fraction of sp³-hybridized carbons (Fsp3) is 0.500. The van der Waals surface area contributed by atoms with Crippen molar-refractivity contribution in [2.45, 2.75) is 26.2 Å². The van der Waals surface area contributed by atoms with Crippen LogP contribution in [-0.2, 0) is 0 Å². The zero-order chi connectivity index (χ0) is 10.8. The Hall–Kier alpha value is -1.49. The Labute approximate surface area is 88.3 Å². The molecule has 0 aliphatic carbocycles. The zero-order valence-corrected chi connectivity index (χ0v) is 9.01. The van der Waals surface area contributed by atoms with E-state index in [1.54, 1.807) is 4.52 Å². The predicted molar refractivity (Wildman–Crippen MR) is 57.6 cm³/mol. The highest BCUT2D eigenvalue weighted by Gasteiger charge is 2.13. The van der Waals surface area contributed by atoms with Crippen molar-refractivity contribution in [2.75, 3.05) is 6.54 Å². The van der Waals surface area contributed by atoms with Gasteiger partial charge in [0.2, 0.25) is 0 Å². The van der Waals surface area contributed by atoms with Crippen LogP contribution >= 0.6 is 0 Å². The van der Waals surface area contributed by atoms with Crippen molar-refractivity contribution in [1.82, 2.24) is 19.6 Å². The van der Waals surface area contributed by atoms with Gasteiger partial charge < -0.3 is 5.73 Å². The van der Waals surface area contributed by atoms with Gasteiger partial charge in [0.25, 0.3) is 5.78 Å². The second-order valence-corrected chi connectivity index (χ2v) is 3.64. The molecule has 0 bridgehead atoms. The van der Waals surface area contributed by atoms with Gasteiger partial charge in [-0.05, 0) is 19.4 Å². The van der Waals surface area contributed by atoms with Gasteiger partial charge in [0.05, 0.1) is 5.69 Å². The monoisotopic (exact) mass is 205 g/mol. The Morgan fingerprint density at radius 2 is 2.33 bits per heavy atom. The molecule has 5 heteroatoms. The number of nitrogens with two attached hydrogens (primary N) is 1. The van der Waals surface area contributed by atoms with E-state index in [9.17, 15) is 0 Å². The first-order valence-corrected chi connectivity index (χ1v) is 5.13. The van der Waals surface area contributed by atoms with Gasteiger partial charge in [-0.15, -0.1) is 0 Å². The second kappa shape index (κ2) is 3.94. The molecule has 2 heterocycles. The zero-order valence-electron chi connectivity index (χ0n) is 9.01. The predicted octanol–water partition coefficient (Wildman–Crippen LogP) is 0.885. The number of hydrogen-bond donors (Lipinski definition) is 1. The van der Waals surface area contributed by atoms with Crippen LogP contribution < -0.4 is 5.73 Å². The van der Waals surface area contributed by atoms with E-state index in [-0.39, 0.29) is 0 Å². The summed E-state index contributed by atoms with van der Waals surface area (Å²) in [6.07, 6.45) is 2.52. The number of fused-ring (bicyclic) bond motifs is 1. The van der Waals surface area contributed by atoms with Gasteiger partial charge >= 0.3 is 0 Å². The molecular formula is C10H15N5. The van der Waals surface area contributed by atoms with Crippen LogP contribution in [0.3, 0.4) is 0 Å². The summed E-state index contributed by atoms with van der Waals surface area (Å²) in [5.41, 5.74) is 7.80. The summed E-state index contributed by atoms with van der Waals surface area (Å²) in [6, 6.07) is 2.03. The molecule has 15 heavy (non-hydrogen) atoms. The quantitative estimate of drug-likeness (QED) is 0.807. The summed E-state index contributed by atoms with van der Waals surface area (Å²) in [7, 11) is 0. The molecule has 0 aromatic carbocycles. The van der Waals surface area contributed by atoms with Gasteiger partial charge in [-0.3, -0.25) is 0 Å². The Bertz CT molecular complexity index is 458. The van der Waals surface area contributed by atoms with E-state index < -0.39 is 0 Å². The first-order chi connectivity index (χ1) is 7.26. The molecule has 2 N–H and O–H groups in total. The molecule has 2 aromatic heterocycles. The number of aryl methyl sites for hydroxylation is 1. The molecule has 1 atom stereocenters.